The van der Waals surface area contributed by atoms with Crippen molar-refractivity contribution in [2.75, 3.05) is 13.2 Å². The van der Waals surface area contributed by atoms with Crippen LogP contribution >= 0.6 is 0 Å². The maximum absolute atomic E-state index is 9.68. The number of hydrogen-bond acceptors (Lipinski definition) is 4. The fourth-order valence-corrected chi connectivity index (χ4v) is 3.41. The third-order valence-corrected chi connectivity index (χ3v) is 8.74. The summed E-state index contributed by atoms with van der Waals surface area (Å²) in [6, 6.07) is 0. The molecule has 2 rings (SSSR count). The molecule has 0 aromatic rings. The van der Waals surface area contributed by atoms with E-state index in [2.05, 4.69) is 33.9 Å². The molecule has 0 amide bonds. The molecule has 0 bridgehead atoms. The van der Waals surface area contributed by atoms with Gasteiger partial charge in [-0.1, -0.05) is 20.8 Å². The Hall–Kier alpha value is 0.0569. The number of aliphatic hydroxyl groups is 1. The number of ether oxygens (including phenoxy) is 2. The number of aliphatic hydroxyl groups excluding tert-OH is 1. The first-order valence-electron chi connectivity index (χ1n) is 6.31. The van der Waals surface area contributed by atoms with E-state index in [0.29, 0.717) is 13.2 Å². The van der Waals surface area contributed by atoms with Gasteiger partial charge in [-0.3, -0.25) is 0 Å². The minimum atomic E-state index is -1.79. The summed E-state index contributed by atoms with van der Waals surface area (Å²) in [5.41, 5.74) is 0. The molecule has 0 radical (unpaired) electrons. The van der Waals surface area contributed by atoms with Crippen LogP contribution in [0.2, 0.25) is 18.1 Å². The SMILES string of the molecule is CC(C)(C)[Si](C)(C)OC1COC2C(O)COC12. The standard InChI is InChI=1S/C12H24O4Si/c1-12(2,3)17(4,5)16-9-7-15-10-8(13)6-14-11(9)10/h8-11,13H,6-7H2,1-5H3. The van der Waals surface area contributed by atoms with E-state index in [-0.39, 0.29) is 23.4 Å². The maximum Gasteiger partial charge on any atom is 0.192 e. The Morgan fingerprint density at radius 1 is 1.12 bits per heavy atom. The molecule has 1 N–H and O–H groups in total. The van der Waals surface area contributed by atoms with Crippen molar-refractivity contribution in [3.63, 3.8) is 0 Å². The zero-order valence-electron chi connectivity index (χ0n) is 11.4. The molecule has 5 heteroatoms. The smallest absolute Gasteiger partial charge is 0.192 e. The van der Waals surface area contributed by atoms with Gasteiger partial charge in [0.05, 0.1) is 19.3 Å². The summed E-state index contributed by atoms with van der Waals surface area (Å²) in [5.74, 6) is 0. The lowest BCUT2D eigenvalue weighted by Gasteiger charge is -2.39. The van der Waals surface area contributed by atoms with E-state index < -0.39 is 14.4 Å². The highest BCUT2D eigenvalue weighted by Gasteiger charge is 2.50. The van der Waals surface area contributed by atoms with Crippen LogP contribution in [-0.2, 0) is 13.9 Å². The van der Waals surface area contributed by atoms with Gasteiger partial charge in [0.15, 0.2) is 8.32 Å². The molecule has 2 heterocycles. The van der Waals surface area contributed by atoms with Gasteiger partial charge in [0.2, 0.25) is 0 Å². The predicted octanol–water partition coefficient (Wildman–Crippen LogP) is 1.54. The van der Waals surface area contributed by atoms with E-state index in [1.807, 2.05) is 0 Å². The highest BCUT2D eigenvalue weighted by molar-refractivity contribution is 6.74. The highest BCUT2D eigenvalue weighted by Crippen LogP contribution is 2.40. The van der Waals surface area contributed by atoms with Crippen LogP contribution in [0.15, 0.2) is 0 Å². The van der Waals surface area contributed by atoms with E-state index >= 15 is 0 Å². The van der Waals surface area contributed by atoms with Crippen LogP contribution in [0.25, 0.3) is 0 Å². The van der Waals surface area contributed by atoms with Crippen LogP contribution in [0.3, 0.4) is 0 Å². The summed E-state index contributed by atoms with van der Waals surface area (Å²) >= 11 is 0. The van der Waals surface area contributed by atoms with E-state index in [4.69, 9.17) is 13.9 Å². The Balaban J connectivity index is 2.02. The third-order valence-electron chi connectivity index (χ3n) is 4.23. The Morgan fingerprint density at radius 2 is 1.71 bits per heavy atom. The molecule has 0 saturated carbocycles. The zero-order valence-corrected chi connectivity index (χ0v) is 12.4. The molecule has 100 valence electrons. The van der Waals surface area contributed by atoms with E-state index in [0.717, 1.165) is 0 Å². The van der Waals surface area contributed by atoms with Crippen LogP contribution in [0.1, 0.15) is 20.8 Å². The first-order valence-corrected chi connectivity index (χ1v) is 9.22. The quantitative estimate of drug-likeness (QED) is 0.765. The monoisotopic (exact) mass is 260 g/mol. The lowest BCUT2D eigenvalue weighted by atomic mass is 10.1. The largest absolute Gasteiger partial charge is 0.409 e. The van der Waals surface area contributed by atoms with Gasteiger partial charge >= 0.3 is 0 Å². The number of rotatable bonds is 2. The lowest BCUT2D eigenvalue weighted by Crippen LogP contribution is -2.47. The van der Waals surface area contributed by atoms with Gasteiger partial charge in [0, 0.05) is 0 Å². The van der Waals surface area contributed by atoms with Crippen molar-refractivity contribution in [3.05, 3.63) is 0 Å². The van der Waals surface area contributed by atoms with Crippen LogP contribution in [0.5, 0.6) is 0 Å². The Morgan fingerprint density at radius 3 is 2.29 bits per heavy atom. The molecule has 2 aliphatic rings. The first-order chi connectivity index (χ1) is 7.72. The molecule has 17 heavy (non-hydrogen) atoms. The summed E-state index contributed by atoms with van der Waals surface area (Å²) in [6.45, 7) is 12.0. The van der Waals surface area contributed by atoms with Crippen molar-refractivity contribution in [2.45, 2.75) is 63.3 Å². The van der Waals surface area contributed by atoms with Crippen molar-refractivity contribution in [3.8, 4) is 0 Å². The number of fused-ring (bicyclic) bond motifs is 1. The van der Waals surface area contributed by atoms with Crippen LogP contribution in [0, 0.1) is 0 Å². The molecule has 0 spiro atoms. The highest BCUT2D eigenvalue weighted by atomic mass is 28.4. The second-order valence-electron chi connectivity index (χ2n) is 6.58. The van der Waals surface area contributed by atoms with Gasteiger partial charge in [-0.25, -0.2) is 0 Å². The molecular weight excluding hydrogens is 236 g/mol. The summed E-state index contributed by atoms with van der Waals surface area (Å²) in [5, 5.41) is 9.86. The predicted molar refractivity (Wildman–Crippen MR) is 67.6 cm³/mol. The second kappa shape index (κ2) is 4.31. The van der Waals surface area contributed by atoms with Crippen molar-refractivity contribution in [1.82, 2.24) is 0 Å². The van der Waals surface area contributed by atoms with Crippen LogP contribution < -0.4 is 0 Å². The Kier molecular flexibility index (Phi) is 3.42. The van der Waals surface area contributed by atoms with E-state index in [1.165, 1.54) is 0 Å². The molecule has 2 aliphatic heterocycles. The maximum atomic E-state index is 9.68. The zero-order chi connectivity index (χ0) is 12.8. The fraction of sp³-hybridized carbons (Fsp3) is 1.00. The van der Waals surface area contributed by atoms with E-state index in [1.54, 1.807) is 0 Å². The average molecular weight is 260 g/mol. The molecule has 0 aromatic heterocycles. The molecule has 2 fully saturated rings. The Bertz CT molecular complexity index is 287. The first kappa shape index (κ1) is 13.5. The fourth-order valence-electron chi connectivity index (χ4n) is 2.10. The molecule has 4 unspecified atom stereocenters. The molecule has 2 saturated heterocycles. The Labute approximate surface area is 104 Å². The summed E-state index contributed by atoms with van der Waals surface area (Å²) < 4.78 is 17.5. The van der Waals surface area contributed by atoms with Crippen LogP contribution in [-0.4, -0.2) is 51.1 Å². The normalized spacial score (nSPS) is 38.5. The number of hydrogen-bond donors (Lipinski definition) is 1. The van der Waals surface area contributed by atoms with Gasteiger partial charge in [-0.2, -0.15) is 0 Å². The minimum Gasteiger partial charge on any atom is -0.409 e. The molecule has 4 nitrogen and oxygen atoms in total. The summed E-state index contributed by atoms with van der Waals surface area (Å²) in [7, 11) is -1.79. The molecule has 4 atom stereocenters. The lowest BCUT2D eigenvalue weighted by molar-refractivity contribution is 0.00562. The summed E-state index contributed by atoms with van der Waals surface area (Å²) in [4.78, 5) is 0. The van der Waals surface area contributed by atoms with E-state index in [9.17, 15) is 5.11 Å². The van der Waals surface area contributed by atoms with Crippen molar-refractivity contribution in [2.24, 2.45) is 0 Å². The topological polar surface area (TPSA) is 47.9 Å². The van der Waals surface area contributed by atoms with Crippen molar-refractivity contribution in [1.29, 1.82) is 0 Å². The molecular formula is C12H24O4Si. The average Bonchev–Trinajstić information content (AvgIpc) is 2.70. The minimum absolute atomic E-state index is 0.0157. The summed E-state index contributed by atoms with van der Waals surface area (Å²) in [6.07, 6.45) is -0.782. The molecule has 0 aliphatic carbocycles. The second-order valence-corrected chi connectivity index (χ2v) is 11.3. The van der Waals surface area contributed by atoms with Gasteiger partial charge in [-0.05, 0) is 18.1 Å². The van der Waals surface area contributed by atoms with Gasteiger partial charge in [-0.15, -0.1) is 0 Å². The van der Waals surface area contributed by atoms with Crippen molar-refractivity contribution >= 4 is 8.32 Å². The van der Waals surface area contributed by atoms with Gasteiger partial charge in [0.1, 0.15) is 18.3 Å². The van der Waals surface area contributed by atoms with Gasteiger partial charge < -0.3 is 19.0 Å². The molecule has 0 aromatic carbocycles. The third kappa shape index (κ3) is 2.44. The van der Waals surface area contributed by atoms with Crippen LogP contribution in [0.4, 0.5) is 0 Å². The van der Waals surface area contributed by atoms with Crippen molar-refractivity contribution < 1.29 is 19.0 Å². The van der Waals surface area contributed by atoms with Gasteiger partial charge in [0.25, 0.3) is 0 Å².